The Hall–Kier alpha value is -3.14. The fourth-order valence-corrected chi connectivity index (χ4v) is 3.55. The Labute approximate surface area is 213 Å². The Morgan fingerprint density at radius 2 is 1.72 bits per heavy atom. The Morgan fingerprint density at radius 3 is 2.22 bits per heavy atom. The number of aliphatic hydroxyl groups excluding tert-OH is 1. The van der Waals surface area contributed by atoms with Crippen LogP contribution < -0.4 is 10.6 Å². The van der Waals surface area contributed by atoms with Crippen LogP contribution in [0, 0.1) is 19.8 Å². The summed E-state index contributed by atoms with van der Waals surface area (Å²) in [5.41, 5.74) is 1.63. The molecule has 10 heteroatoms. The second-order valence-electron chi connectivity index (χ2n) is 10.1. The van der Waals surface area contributed by atoms with Crippen molar-refractivity contribution in [3.63, 3.8) is 0 Å². The van der Waals surface area contributed by atoms with E-state index in [0.29, 0.717) is 5.56 Å². The van der Waals surface area contributed by atoms with Gasteiger partial charge in [-0.15, -0.1) is 0 Å². The third-order valence-corrected chi connectivity index (χ3v) is 5.36. The summed E-state index contributed by atoms with van der Waals surface area (Å²) in [7, 11) is 1.20. The molecule has 0 aliphatic heterocycles. The first-order valence-corrected chi connectivity index (χ1v) is 12.0. The summed E-state index contributed by atoms with van der Waals surface area (Å²) in [4.78, 5) is 52.5. The van der Waals surface area contributed by atoms with Gasteiger partial charge in [0, 0.05) is 6.54 Å². The number of alkyl carbamates (subject to hydrolysis) is 1. The molecule has 0 radical (unpaired) electrons. The third-order valence-electron chi connectivity index (χ3n) is 5.36. The van der Waals surface area contributed by atoms with E-state index < -0.39 is 48.2 Å². The van der Waals surface area contributed by atoms with Crippen molar-refractivity contribution >= 4 is 23.9 Å². The largest absolute Gasteiger partial charge is 0.468 e. The van der Waals surface area contributed by atoms with Crippen LogP contribution in [0.2, 0.25) is 0 Å². The molecule has 1 aromatic carbocycles. The SMILES string of the molecule is COC(=O)CNC(=O)C(c1ccc(C)c(C)c1)N(CCO)C(=O)C(CC(C)C)NC(=O)OC(C)(C)C. The highest BCUT2D eigenvalue weighted by Crippen LogP contribution is 2.25. The zero-order chi connectivity index (χ0) is 27.6. The minimum atomic E-state index is -1.16. The predicted octanol–water partition coefficient (Wildman–Crippen LogP) is 2.39. The van der Waals surface area contributed by atoms with Gasteiger partial charge in [-0.1, -0.05) is 32.0 Å². The van der Waals surface area contributed by atoms with Gasteiger partial charge in [-0.2, -0.15) is 0 Å². The second kappa shape index (κ2) is 13.8. The number of carbonyl (C=O) groups excluding carboxylic acids is 4. The zero-order valence-corrected chi connectivity index (χ0v) is 22.6. The van der Waals surface area contributed by atoms with Crippen molar-refractivity contribution in [2.24, 2.45) is 5.92 Å². The molecule has 0 aromatic heterocycles. The summed E-state index contributed by atoms with van der Waals surface area (Å²) in [6, 6.07) is 3.17. The van der Waals surface area contributed by atoms with Gasteiger partial charge in [-0.05, 0) is 63.6 Å². The van der Waals surface area contributed by atoms with Crippen LogP contribution in [0.3, 0.4) is 0 Å². The number of hydrogen-bond acceptors (Lipinski definition) is 7. The van der Waals surface area contributed by atoms with Gasteiger partial charge in [0.25, 0.3) is 0 Å². The van der Waals surface area contributed by atoms with Crippen molar-refractivity contribution in [1.29, 1.82) is 0 Å². The van der Waals surface area contributed by atoms with Crippen LogP contribution in [0.1, 0.15) is 63.8 Å². The first-order chi connectivity index (χ1) is 16.7. The van der Waals surface area contributed by atoms with Crippen LogP contribution >= 0.6 is 0 Å². The van der Waals surface area contributed by atoms with E-state index in [0.717, 1.165) is 11.1 Å². The standard InChI is InChI=1S/C26H41N3O7/c1-16(2)13-20(28-25(34)36-26(5,6)7)24(33)29(11-12-30)22(23(32)27-15-21(31)35-8)19-10-9-17(3)18(4)14-19/h9-10,14,16,20,22,30H,11-13,15H2,1-8H3,(H,27,32)(H,28,34). The first-order valence-electron chi connectivity index (χ1n) is 12.0. The highest BCUT2D eigenvalue weighted by atomic mass is 16.6. The molecule has 0 heterocycles. The molecule has 0 fully saturated rings. The number of ether oxygens (including phenoxy) is 2. The molecule has 0 saturated carbocycles. The van der Waals surface area contributed by atoms with Crippen LogP contribution in [0.15, 0.2) is 18.2 Å². The van der Waals surface area contributed by atoms with Crippen LogP contribution in [-0.4, -0.2) is 72.3 Å². The minimum absolute atomic E-state index is 0.0260. The predicted molar refractivity (Wildman–Crippen MR) is 135 cm³/mol. The van der Waals surface area contributed by atoms with E-state index in [1.807, 2.05) is 33.8 Å². The number of rotatable bonds is 11. The number of benzene rings is 1. The molecule has 202 valence electrons. The van der Waals surface area contributed by atoms with Crippen molar-refractivity contribution in [2.45, 2.75) is 72.6 Å². The maximum atomic E-state index is 13.8. The van der Waals surface area contributed by atoms with Crippen molar-refractivity contribution in [3.05, 3.63) is 34.9 Å². The number of esters is 1. The van der Waals surface area contributed by atoms with Gasteiger partial charge in [-0.3, -0.25) is 14.4 Å². The molecule has 1 aromatic rings. The summed E-state index contributed by atoms with van der Waals surface area (Å²) < 4.78 is 9.94. The summed E-state index contributed by atoms with van der Waals surface area (Å²) in [5, 5.41) is 14.9. The third kappa shape index (κ3) is 9.85. The fourth-order valence-electron chi connectivity index (χ4n) is 3.55. The van der Waals surface area contributed by atoms with E-state index in [-0.39, 0.29) is 25.4 Å². The molecule has 0 saturated heterocycles. The van der Waals surface area contributed by atoms with Crippen molar-refractivity contribution in [2.75, 3.05) is 26.8 Å². The lowest BCUT2D eigenvalue weighted by molar-refractivity contribution is -0.145. The van der Waals surface area contributed by atoms with Gasteiger partial charge < -0.3 is 30.1 Å². The Kier molecular flexibility index (Phi) is 11.9. The van der Waals surface area contributed by atoms with Crippen molar-refractivity contribution in [1.82, 2.24) is 15.5 Å². The molecule has 0 aliphatic carbocycles. The van der Waals surface area contributed by atoms with Crippen LogP contribution in [0.25, 0.3) is 0 Å². The smallest absolute Gasteiger partial charge is 0.408 e. The molecule has 36 heavy (non-hydrogen) atoms. The molecular formula is C26H41N3O7. The number of carbonyl (C=O) groups is 4. The van der Waals surface area contributed by atoms with E-state index in [4.69, 9.17) is 4.74 Å². The van der Waals surface area contributed by atoms with Gasteiger partial charge in [0.2, 0.25) is 11.8 Å². The zero-order valence-electron chi connectivity index (χ0n) is 22.6. The number of hydrogen-bond donors (Lipinski definition) is 3. The highest BCUT2D eigenvalue weighted by molar-refractivity contribution is 5.93. The topological polar surface area (TPSA) is 134 Å². The first kappa shape index (κ1) is 30.9. The normalized spacial score (nSPS) is 12.9. The van der Waals surface area contributed by atoms with Crippen molar-refractivity contribution in [3.8, 4) is 0 Å². The van der Waals surface area contributed by atoms with Crippen LogP contribution in [0.5, 0.6) is 0 Å². The lowest BCUT2D eigenvalue weighted by Crippen LogP contribution is -2.54. The van der Waals surface area contributed by atoms with Gasteiger partial charge in [0.05, 0.1) is 13.7 Å². The van der Waals surface area contributed by atoms with Gasteiger partial charge in [-0.25, -0.2) is 4.79 Å². The molecule has 3 amide bonds. The number of aryl methyl sites for hydroxylation is 2. The van der Waals surface area contributed by atoms with Crippen LogP contribution in [0.4, 0.5) is 4.79 Å². The minimum Gasteiger partial charge on any atom is -0.468 e. The second-order valence-corrected chi connectivity index (χ2v) is 10.1. The number of amides is 3. The molecule has 2 atom stereocenters. The van der Waals surface area contributed by atoms with E-state index in [1.54, 1.807) is 32.9 Å². The molecular weight excluding hydrogens is 466 g/mol. The lowest BCUT2D eigenvalue weighted by atomic mass is 9.97. The number of aliphatic hydroxyl groups is 1. The quantitative estimate of drug-likeness (QED) is 0.392. The molecule has 0 aliphatic rings. The molecule has 2 unspecified atom stereocenters. The van der Waals surface area contributed by atoms with Gasteiger partial charge in [0.15, 0.2) is 0 Å². The molecule has 10 nitrogen and oxygen atoms in total. The van der Waals surface area contributed by atoms with Crippen LogP contribution in [-0.2, 0) is 23.9 Å². The summed E-state index contributed by atoms with van der Waals surface area (Å²) >= 11 is 0. The Bertz CT molecular complexity index is 925. The average molecular weight is 508 g/mol. The monoisotopic (exact) mass is 507 g/mol. The number of methoxy groups -OCH3 is 1. The molecule has 0 spiro atoms. The number of nitrogens with zero attached hydrogens (tertiary/aromatic N) is 1. The van der Waals surface area contributed by atoms with E-state index in [2.05, 4.69) is 15.4 Å². The number of nitrogens with one attached hydrogen (secondary N) is 2. The van der Waals surface area contributed by atoms with E-state index in [9.17, 15) is 24.3 Å². The van der Waals surface area contributed by atoms with Crippen molar-refractivity contribution < 1.29 is 33.8 Å². The molecule has 1 rings (SSSR count). The average Bonchev–Trinajstić information content (AvgIpc) is 2.76. The van der Waals surface area contributed by atoms with E-state index >= 15 is 0 Å². The molecule has 0 bridgehead atoms. The van der Waals surface area contributed by atoms with Gasteiger partial charge >= 0.3 is 12.1 Å². The van der Waals surface area contributed by atoms with E-state index in [1.165, 1.54) is 12.0 Å². The Balaban J connectivity index is 3.46. The summed E-state index contributed by atoms with van der Waals surface area (Å²) in [5.74, 6) is -1.80. The summed E-state index contributed by atoms with van der Waals surface area (Å²) in [6.45, 7) is 11.8. The maximum absolute atomic E-state index is 13.8. The highest BCUT2D eigenvalue weighted by Gasteiger charge is 2.36. The maximum Gasteiger partial charge on any atom is 0.408 e. The van der Waals surface area contributed by atoms with Gasteiger partial charge in [0.1, 0.15) is 24.2 Å². The fraction of sp³-hybridized carbons (Fsp3) is 0.615. The Morgan fingerprint density at radius 1 is 1.08 bits per heavy atom. The summed E-state index contributed by atoms with van der Waals surface area (Å²) in [6.07, 6.45) is -0.480. The molecule has 3 N–H and O–H groups in total. The lowest BCUT2D eigenvalue weighted by Gasteiger charge is -2.34.